The van der Waals surface area contributed by atoms with Crippen LogP contribution in [0.5, 0.6) is 0 Å². The molecule has 5 heteroatoms. The van der Waals surface area contributed by atoms with E-state index in [9.17, 15) is 19.4 Å². The van der Waals surface area contributed by atoms with Crippen molar-refractivity contribution < 1.29 is 24.1 Å². The van der Waals surface area contributed by atoms with E-state index in [-0.39, 0.29) is 31.0 Å². The molecular weight excluding hydrogens is 347 g/mol. The summed E-state index contributed by atoms with van der Waals surface area (Å²) in [6.45, 7) is 2.04. The van der Waals surface area contributed by atoms with Crippen molar-refractivity contribution in [2.45, 2.75) is 38.4 Å². The number of esters is 1. The lowest BCUT2D eigenvalue weighted by Gasteiger charge is -2.02. The number of benzene rings is 1. The Morgan fingerprint density at radius 1 is 1.26 bits per heavy atom. The average molecular weight is 370 g/mol. The van der Waals surface area contributed by atoms with Gasteiger partial charge in [0.1, 0.15) is 11.9 Å². The molecule has 2 atom stereocenters. The van der Waals surface area contributed by atoms with Gasteiger partial charge in [0.05, 0.1) is 12.7 Å². The van der Waals surface area contributed by atoms with E-state index < -0.39 is 12.2 Å². The smallest absolute Gasteiger partial charge is 0.305 e. The van der Waals surface area contributed by atoms with Gasteiger partial charge in [0, 0.05) is 18.4 Å². The zero-order valence-corrected chi connectivity index (χ0v) is 15.2. The highest BCUT2D eigenvalue weighted by Crippen LogP contribution is 2.01. The molecule has 0 aliphatic heterocycles. The summed E-state index contributed by atoms with van der Waals surface area (Å²) in [4.78, 5) is 11.1. The van der Waals surface area contributed by atoms with E-state index in [4.69, 9.17) is 4.74 Å². The predicted octanol–water partition coefficient (Wildman–Crippen LogP) is 2.75. The maximum absolute atomic E-state index is 12.8. The van der Waals surface area contributed by atoms with Crippen LogP contribution < -0.4 is 0 Å². The second-order valence-corrected chi connectivity index (χ2v) is 5.47. The van der Waals surface area contributed by atoms with Gasteiger partial charge in [-0.2, -0.15) is 0 Å². The number of ether oxygens (including phenoxy) is 1. The van der Waals surface area contributed by atoms with E-state index >= 15 is 0 Å². The number of allylic oxidation sites excluding steroid dienone is 3. The van der Waals surface area contributed by atoms with Crippen LogP contribution in [0.3, 0.4) is 0 Å². The number of carbonyl (C=O) groups is 1. The van der Waals surface area contributed by atoms with Crippen molar-refractivity contribution in [3.8, 4) is 23.7 Å². The molecule has 0 spiro atoms. The van der Waals surface area contributed by atoms with Crippen molar-refractivity contribution in [2.75, 3.05) is 6.61 Å². The molecule has 1 rings (SSSR count). The van der Waals surface area contributed by atoms with Gasteiger partial charge in [-0.05, 0) is 43.7 Å². The minimum atomic E-state index is -0.893. The van der Waals surface area contributed by atoms with Crippen LogP contribution in [0.4, 0.5) is 4.39 Å². The summed E-state index contributed by atoms with van der Waals surface area (Å²) in [6.07, 6.45) is 5.32. The standard InChI is InChI=1S/C22H23FO4/c1-2-27-22(26)17-16-21(25)10-6-4-3-5-9-20(24)11-7-8-18-12-14-19(23)15-13-18/h3-5,9,12-15,20-21,24-25H,2,11,16-17H2,1H3/b4-3+,9-5+/t20-,21+/m0/s1. The van der Waals surface area contributed by atoms with E-state index in [2.05, 4.69) is 23.7 Å². The second-order valence-electron chi connectivity index (χ2n) is 5.47. The first-order valence-electron chi connectivity index (χ1n) is 8.62. The largest absolute Gasteiger partial charge is 0.466 e. The van der Waals surface area contributed by atoms with Gasteiger partial charge in [-0.15, -0.1) is 0 Å². The van der Waals surface area contributed by atoms with E-state index in [1.807, 2.05) is 0 Å². The summed E-state index contributed by atoms with van der Waals surface area (Å²) >= 11 is 0. The Kier molecular flexibility index (Phi) is 11.0. The summed E-state index contributed by atoms with van der Waals surface area (Å²) in [5, 5.41) is 19.4. The van der Waals surface area contributed by atoms with Gasteiger partial charge >= 0.3 is 5.97 Å². The monoisotopic (exact) mass is 370 g/mol. The Balaban J connectivity index is 2.31. The number of aliphatic hydroxyl groups is 2. The summed E-state index contributed by atoms with van der Waals surface area (Å²) in [5.41, 5.74) is 0.685. The van der Waals surface area contributed by atoms with Crippen molar-refractivity contribution in [1.82, 2.24) is 0 Å². The molecule has 0 aliphatic rings. The first-order valence-corrected chi connectivity index (χ1v) is 8.62. The zero-order chi connectivity index (χ0) is 19.9. The van der Waals surface area contributed by atoms with Gasteiger partial charge in [-0.3, -0.25) is 4.79 Å². The predicted molar refractivity (Wildman–Crippen MR) is 102 cm³/mol. The average Bonchev–Trinajstić information content (AvgIpc) is 2.64. The molecule has 142 valence electrons. The van der Waals surface area contributed by atoms with Crippen LogP contribution in [-0.2, 0) is 9.53 Å². The van der Waals surface area contributed by atoms with Gasteiger partial charge < -0.3 is 14.9 Å². The maximum Gasteiger partial charge on any atom is 0.305 e. The normalized spacial score (nSPS) is 12.7. The zero-order valence-electron chi connectivity index (χ0n) is 15.2. The van der Waals surface area contributed by atoms with Crippen LogP contribution in [0, 0.1) is 29.5 Å². The fourth-order valence-electron chi connectivity index (χ4n) is 1.86. The molecule has 0 radical (unpaired) electrons. The van der Waals surface area contributed by atoms with Crippen LogP contribution in [0.15, 0.2) is 48.6 Å². The molecular formula is C22H23FO4. The Morgan fingerprint density at radius 2 is 2.00 bits per heavy atom. The quantitative estimate of drug-likeness (QED) is 0.440. The molecule has 4 nitrogen and oxygen atoms in total. The van der Waals surface area contributed by atoms with Gasteiger partial charge in [0.15, 0.2) is 0 Å². The van der Waals surface area contributed by atoms with Crippen LogP contribution in [-0.4, -0.2) is 35.0 Å². The van der Waals surface area contributed by atoms with Crippen LogP contribution in [0.1, 0.15) is 31.7 Å². The summed E-state index contributed by atoms with van der Waals surface area (Å²) in [7, 11) is 0. The highest BCUT2D eigenvalue weighted by Gasteiger charge is 2.05. The van der Waals surface area contributed by atoms with Crippen LogP contribution >= 0.6 is 0 Å². The van der Waals surface area contributed by atoms with Crippen molar-refractivity contribution in [2.24, 2.45) is 0 Å². The van der Waals surface area contributed by atoms with Gasteiger partial charge in [0.2, 0.25) is 0 Å². The Hall–Kier alpha value is -2.86. The first-order chi connectivity index (χ1) is 13.0. The number of aliphatic hydroxyl groups excluding tert-OH is 2. The number of halogens is 1. The van der Waals surface area contributed by atoms with E-state index in [0.29, 0.717) is 12.2 Å². The highest BCUT2D eigenvalue weighted by molar-refractivity contribution is 5.69. The van der Waals surface area contributed by atoms with Crippen molar-refractivity contribution >= 4 is 5.97 Å². The molecule has 0 bridgehead atoms. The Bertz CT molecular complexity index is 757. The van der Waals surface area contributed by atoms with Crippen molar-refractivity contribution in [1.29, 1.82) is 0 Å². The van der Waals surface area contributed by atoms with Gasteiger partial charge in [-0.25, -0.2) is 4.39 Å². The summed E-state index contributed by atoms with van der Waals surface area (Å²) in [6, 6.07) is 5.82. The van der Waals surface area contributed by atoms with Crippen LogP contribution in [0.25, 0.3) is 0 Å². The molecule has 0 saturated heterocycles. The second kappa shape index (κ2) is 13.4. The van der Waals surface area contributed by atoms with E-state index in [0.717, 1.165) is 0 Å². The molecule has 2 N–H and O–H groups in total. The fraction of sp³-hybridized carbons (Fsp3) is 0.318. The third kappa shape index (κ3) is 11.4. The fourth-order valence-corrected chi connectivity index (χ4v) is 1.86. The van der Waals surface area contributed by atoms with Gasteiger partial charge in [0.25, 0.3) is 0 Å². The molecule has 0 amide bonds. The number of carbonyl (C=O) groups excluding carboxylic acids is 1. The number of hydrogen-bond donors (Lipinski definition) is 2. The van der Waals surface area contributed by atoms with E-state index in [1.165, 1.54) is 18.2 Å². The molecule has 1 aromatic rings. The number of rotatable bonds is 7. The van der Waals surface area contributed by atoms with Crippen LogP contribution in [0.2, 0.25) is 0 Å². The number of hydrogen-bond acceptors (Lipinski definition) is 4. The van der Waals surface area contributed by atoms with Crippen molar-refractivity contribution in [3.63, 3.8) is 0 Å². The first kappa shape index (κ1) is 22.2. The SMILES string of the molecule is CCOC(=O)CC[C@H](O)C#C/C=C/C=C/[C@H](O)CC#Cc1ccc(F)cc1. The molecule has 0 unspecified atom stereocenters. The Morgan fingerprint density at radius 3 is 2.70 bits per heavy atom. The minimum Gasteiger partial charge on any atom is -0.466 e. The van der Waals surface area contributed by atoms with Gasteiger partial charge in [-0.1, -0.05) is 41.9 Å². The maximum atomic E-state index is 12.8. The molecule has 0 fully saturated rings. The molecule has 0 heterocycles. The van der Waals surface area contributed by atoms with E-state index in [1.54, 1.807) is 37.3 Å². The molecule has 0 aromatic heterocycles. The highest BCUT2D eigenvalue weighted by atomic mass is 19.1. The molecule has 0 saturated carbocycles. The Labute approximate surface area is 159 Å². The third-order valence-electron chi connectivity index (χ3n) is 3.19. The molecule has 27 heavy (non-hydrogen) atoms. The van der Waals surface area contributed by atoms with Crippen molar-refractivity contribution in [3.05, 3.63) is 60.0 Å². The lowest BCUT2D eigenvalue weighted by Crippen LogP contribution is -2.09. The lowest BCUT2D eigenvalue weighted by molar-refractivity contribution is -0.143. The summed E-state index contributed by atoms with van der Waals surface area (Å²) < 4.78 is 17.5. The summed E-state index contributed by atoms with van der Waals surface area (Å²) in [5.74, 6) is 10.2. The topological polar surface area (TPSA) is 66.8 Å². The molecule has 1 aromatic carbocycles. The lowest BCUT2D eigenvalue weighted by atomic mass is 10.2. The molecule has 0 aliphatic carbocycles. The minimum absolute atomic E-state index is 0.123. The third-order valence-corrected chi connectivity index (χ3v) is 3.19.